The van der Waals surface area contributed by atoms with Gasteiger partial charge in [0.25, 0.3) is 0 Å². The molecule has 0 aliphatic rings. The summed E-state index contributed by atoms with van der Waals surface area (Å²) in [6.07, 6.45) is -2.10. The minimum absolute atomic E-state index is 0.0137. The Morgan fingerprint density at radius 3 is 2.62 bits per heavy atom. The first kappa shape index (κ1) is 13.4. The molecule has 2 N–H and O–H groups in total. The molecule has 1 aromatic carbocycles. The second kappa shape index (κ2) is 6.83. The van der Waals surface area contributed by atoms with Crippen LogP contribution in [0.4, 0.5) is 0 Å². The predicted octanol–water partition coefficient (Wildman–Crippen LogP) is 1.35. The molecule has 4 nitrogen and oxygen atoms in total. The largest absolute Gasteiger partial charge is 0.388 e. The highest BCUT2D eigenvalue weighted by Gasteiger charge is 2.20. The summed E-state index contributed by atoms with van der Waals surface area (Å²) in [5.74, 6) is 0. The molecule has 0 unspecified atom stereocenters. The summed E-state index contributed by atoms with van der Waals surface area (Å²) in [7, 11) is 1.48. The van der Waals surface area contributed by atoms with Gasteiger partial charge in [-0.05, 0) is 6.07 Å². The maximum Gasteiger partial charge on any atom is 0.146 e. The minimum Gasteiger partial charge on any atom is -0.388 e. The molecule has 5 heteroatoms. The first-order chi connectivity index (χ1) is 7.66. The third-order valence-electron chi connectivity index (χ3n) is 2.08. The second-order valence-corrected chi connectivity index (χ2v) is 3.72. The van der Waals surface area contributed by atoms with Gasteiger partial charge in [0.2, 0.25) is 0 Å². The predicted molar refractivity (Wildman–Crippen MR) is 60.2 cm³/mol. The van der Waals surface area contributed by atoms with Crippen LogP contribution in [0.5, 0.6) is 0 Å². The summed E-state index contributed by atoms with van der Waals surface area (Å²) in [5, 5.41) is 19.9. The van der Waals surface area contributed by atoms with Crippen LogP contribution in [-0.4, -0.2) is 36.8 Å². The molecule has 0 amide bonds. The highest BCUT2D eigenvalue weighted by atomic mass is 35.5. The zero-order chi connectivity index (χ0) is 12.0. The molecule has 0 spiro atoms. The maximum absolute atomic E-state index is 9.81. The van der Waals surface area contributed by atoms with Gasteiger partial charge in [0.1, 0.15) is 19.0 Å². The van der Waals surface area contributed by atoms with Gasteiger partial charge in [0.15, 0.2) is 0 Å². The molecule has 90 valence electrons. The Labute approximate surface area is 99.4 Å². The number of aliphatic hydroxyl groups is 2. The van der Waals surface area contributed by atoms with E-state index >= 15 is 0 Å². The zero-order valence-corrected chi connectivity index (χ0v) is 9.72. The Morgan fingerprint density at radius 2 is 2.00 bits per heavy atom. The minimum atomic E-state index is -1.06. The van der Waals surface area contributed by atoms with E-state index < -0.39 is 12.2 Å². The van der Waals surface area contributed by atoms with Crippen molar-refractivity contribution in [3.8, 4) is 0 Å². The number of hydrogen-bond donors (Lipinski definition) is 2. The molecule has 0 fully saturated rings. The van der Waals surface area contributed by atoms with Gasteiger partial charge in [0, 0.05) is 17.7 Å². The number of rotatable bonds is 6. The molecule has 0 aliphatic carbocycles. The molecule has 0 heterocycles. The molecule has 1 aromatic rings. The smallest absolute Gasteiger partial charge is 0.146 e. The lowest BCUT2D eigenvalue weighted by molar-refractivity contribution is -0.0900. The quantitative estimate of drug-likeness (QED) is 0.588. The Bertz CT molecular complexity index is 319. The lowest BCUT2D eigenvalue weighted by atomic mass is 10.1. The topological polar surface area (TPSA) is 58.9 Å². The van der Waals surface area contributed by atoms with Crippen LogP contribution in [0.25, 0.3) is 0 Å². The van der Waals surface area contributed by atoms with Crippen molar-refractivity contribution < 1.29 is 19.7 Å². The summed E-state index contributed by atoms with van der Waals surface area (Å²) in [4.78, 5) is 0. The molecule has 0 aromatic heterocycles. The molecular formula is C11H15ClO4. The van der Waals surface area contributed by atoms with Crippen LogP contribution < -0.4 is 0 Å². The first-order valence-electron chi connectivity index (χ1n) is 4.84. The third-order valence-corrected chi connectivity index (χ3v) is 2.42. The van der Waals surface area contributed by atoms with Crippen LogP contribution in [0.2, 0.25) is 5.02 Å². The molecule has 0 radical (unpaired) electrons. The standard InChI is InChI=1S/C11H15ClO4/c1-15-7-16-6-10(13)11(14)8-4-2-3-5-9(8)12/h2-5,10-11,13-14H,6-7H2,1H3/t10-,11-/m0/s1. The van der Waals surface area contributed by atoms with E-state index in [1.165, 1.54) is 7.11 Å². The van der Waals surface area contributed by atoms with Gasteiger partial charge in [-0.25, -0.2) is 0 Å². The molecule has 0 aliphatic heterocycles. The Hall–Kier alpha value is -0.650. The fraction of sp³-hybridized carbons (Fsp3) is 0.455. The van der Waals surface area contributed by atoms with Gasteiger partial charge < -0.3 is 19.7 Å². The molecule has 0 saturated heterocycles. The molecule has 0 saturated carbocycles. The molecule has 16 heavy (non-hydrogen) atoms. The lowest BCUT2D eigenvalue weighted by Gasteiger charge is -2.18. The van der Waals surface area contributed by atoms with E-state index in [0.29, 0.717) is 10.6 Å². The third kappa shape index (κ3) is 3.73. The Kier molecular flexibility index (Phi) is 5.73. The number of hydrogen-bond acceptors (Lipinski definition) is 4. The Morgan fingerprint density at radius 1 is 1.31 bits per heavy atom. The highest BCUT2D eigenvalue weighted by molar-refractivity contribution is 6.31. The summed E-state index contributed by atoms with van der Waals surface area (Å²) in [5.41, 5.74) is 0.484. The fourth-order valence-electron chi connectivity index (χ4n) is 1.27. The molecule has 0 bridgehead atoms. The molecule has 1 rings (SSSR count). The summed E-state index contributed by atoms with van der Waals surface area (Å²) < 4.78 is 9.61. The molecular weight excluding hydrogens is 232 g/mol. The van der Waals surface area contributed by atoms with Crippen LogP contribution in [0.1, 0.15) is 11.7 Å². The van der Waals surface area contributed by atoms with Crippen molar-refractivity contribution in [2.24, 2.45) is 0 Å². The van der Waals surface area contributed by atoms with Crippen molar-refractivity contribution in [1.82, 2.24) is 0 Å². The number of ether oxygens (including phenoxy) is 2. The van der Waals surface area contributed by atoms with Crippen molar-refractivity contribution in [3.63, 3.8) is 0 Å². The summed E-state index contributed by atoms with van der Waals surface area (Å²) in [6, 6.07) is 6.81. The van der Waals surface area contributed by atoms with Gasteiger partial charge in [-0.1, -0.05) is 29.8 Å². The van der Waals surface area contributed by atoms with E-state index in [-0.39, 0.29) is 13.4 Å². The SMILES string of the molecule is COCOC[C@H](O)[C@@H](O)c1ccccc1Cl. The van der Waals surface area contributed by atoms with Gasteiger partial charge in [-0.2, -0.15) is 0 Å². The van der Waals surface area contributed by atoms with Gasteiger partial charge in [-0.15, -0.1) is 0 Å². The number of methoxy groups -OCH3 is 1. The number of benzene rings is 1. The van der Waals surface area contributed by atoms with E-state index in [9.17, 15) is 10.2 Å². The van der Waals surface area contributed by atoms with Crippen LogP contribution in [-0.2, 0) is 9.47 Å². The fourth-order valence-corrected chi connectivity index (χ4v) is 1.51. The van der Waals surface area contributed by atoms with Gasteiger partial charge in [0.05, 0.1) is 6.61 Å². The van der Waals surface area contributed by atoms with Crippen LogP contribution in [0.3, 0.4) is 0 Å². The number of aliphatic hydroxyl groups excluding tert-OH is 2. The van der Waals surface area contributed by atoms with Crippen molar-refractivity contribution in [2.75, 3.05) is 20.5 Å². The van der Waals surface area contributed by atoms with Crippen molar-refractivity contribution in [3.05, 3.63) is 34.9 Å². The lowest BCUT2D eigenvalue weighted by Crippen LogP contribution is -2.24. The summed E-state index contributed by atoms with van der Waals surface area (Å²) >= 11 is 5.89. The van der Waals surface area contributed by atoms with Crippen LogP contribution in [0, 0.1) is 0 Å². The van der Waals surface area contributed by atoms with E-state index in [1.54, 1.807) is 24.3 Å². The van der Waals surface area contributed by atoms with Crippen molar-refractivity contribution >= 4 is 11.6 Å². The van der Waals surface area contributed by atoms with Crippen molar-refractivity contribution in [2.45, 2.75) is 12.2 Å². The van der Waals surface area contributed by atoms with Crippen molar-refractivity contribution in [1.29, 1.82) is 0 Å². The highest BCUT2D eigenvalue weighted by Crippen LogP contribution is 2.24. The normalized spacial score (nSPS) is 14.8. The van der Waals surface area contributed by atoms with E-state index in [2.05, 4.69) is 4.74 Å². The molecule has 2 atom stereocenters. The maximum atomic E-state index is 9.81. The van der Waals surface area contributed by atoms with Gasteiger partial charge in [-0.3, -0.25) is 0 Å². The average molecular weight is 247 g/mol. The van der Waals surface area contributed by atoms with E-state index in [1.807, 2.05) is 0 Å². The second-order valence-electron chi connectivity index (χ2n) is 3.31. The Balaban J connectivity index is 2.56. The number of halogens is 1. The van der Waals surface area contributed by atoms with Crippen LogP contribution in [0.15, 0.2) is 24.3 Å². The first-order valence-corrected chi connectivity index (χ1v) is 5.22. The zero-order valence-electron chi connectivity index (χ0n) is 8.97. The van der Waals surface area contributed by atoms with Gasteiger partial charge >= 0.3 is 0 Å². The van der Waals surface area contributed by atoms with E-state index in [0.717, 1.165) is 0 Å². The van der Waals surface area contributed by atoms with Crippen LogP contribution >= 0.6 is 11.6 Å². The van der Waals surface area contributed by atoms with E-state index in [4.69, 9.17) is 16.3 Å². The monoisotopic (exact) mass is 246 g/mol. The average Bonchev–Trinajstić information content (AvgIpc) is 2.29. The summed E-state index contributed by atoms with van der Waals surface area (Å²) in [6.45, 7) is 0.0620.